The second-order valence-electron chi connectivity index (χ2n) is 3.71. The molecule has 2 rings (SSSR count). The summed E-state index contributed by atoms with van der Waals surface area (Å²) in [5.41, 5.74) is 2.42. The number of thiophene rings is 1. The number of rotatable bonds is 2. The quantitative estimate of drug-likeness (QED) is 0.797. The monoisotopic (exact) mass is 211 g/mol. The summed E-state index contributed by atoms with van der Waals surface area (Å²) in [4.78, 5) is 13.1. The molecule has 1 aliphatic rings. The van der Waals surface area contributed by atoms with Crippen molar-refractivity contribution in [2.24, 2.45) is 0 Å². The molecule has 76 valence electrons. The van der Waals surface area contributed by atoms with Gasteiger partial charge in [0.2, 0.25) is 5.91 Å². The minimum Gasteiger partial charge on any atom is -0.391 e. The molecule has 1 aliphatic heterocycles. The van der Waals surface area contributed by atoms with Crippen LogP contribution in [-0.2, 0) is 11.3 Å². The fraction of sp³-hybridized carbons (Fsp3) is 0.500. The van der Waals surface area contributed by atoms with Crippen LogP contribution in [0, 0.1) is 6.92 Å². The molecule has 0 radical (unpaired) electrons. The van der Waals surface area contributed by atoms with Crippen LogP contribution < -0.4 is 0 Å². The van der Waals surface area contributed by atoms with Crippen LogP contribution in [0.2, 0.25) is 0 Å². The molecule has 3 nitrogen and oxygen atoms in total. The van der Waals surface area contributed by atoms with Crippen LogP contribution in [0.15, 0.2) is 10.8 Å². The largest absolute Gasteiger partial charge is 0.391 e. The topological polar surface area (TPSA) is 40.5 Å². The molecule has 1 atom stereocenters. The number of carbonyl (C=O) groups is 1. The van der Waals surface area contributed by atoms with Crippen molar-refractivity contribution in [3.63, 3.8) is 0 Å². The Labute approximate surface area is 87.0 Å². The Morgan fingerprint density at radius 2 is 2.43 bits per heavy atom. The molecule has 1 saturated heterocycles. The number of hydrogen-bond acceptors (Lipinski definition) is 3. The summed E-state index contributed by atoms with van der Waals surface area (Å²) in [6.07, 6.45) is -0.190. The van der Waals surface area contributed by atoms with E-state index in [2.05, 4.69) is 10.8 Å². The van der Waals surface area contributed by atoms with Crippen LogP contribution in [0.5, 0.6) is 0 Å². The standard InChI is InChI=1S/C10H13NO2S/c1-7-5-14-6-8(7)3-11-4-9(12)2-10(11)13/h5-6,9,12H,2-4H2,1H3. The molecule has 0 aliphatic carbocycles. The normalized spacial score (nSPS) is 22.0. The number of hydrogen-bond donors (Lipinski definition) is 1. The van der Waals surface area contributed by atoms with Crippen molar-refractivity contribution in [1.29, 1.82) is 0 Å². The Morgan fingerprint density at radius 3 is 2.93 bits per heavy atom. The number of carbonyl (C=O) groups excluding carboxylic acids is 1. The number of β-amino-alcohol motifs (C(OH)–C–C–N with tert-alkyl or cyclic N) is 1. The molecule has 14 heavy (non-hydrogen) atoms. The first-order valence-corrected chi connectivity index (χ1v) is 5.58. The van der Waals surface area contributed by atoms with Crippen molar-refractivity contribution < 1.29 is 9.90 Å². The fourth-order valence-electron chi connectivity index (χ4n) is 1.66. The minimum atomic E-state index is -0.471. The van der Waals surface area contributed by atoms with Gasteiger partial charge in [0.25, 0.3) is 0 Å². The summed E-state index contributed by atoms with van der Waals surface area (Å²) in [7, 11) is 0. The van der Waals surface area contributed by atoms with E-state index in [4.69, 9.17) is 0 Å². The van der Waals surface area contributed by atoms with Crippen molar-refractivity contribution in [3.05, 3.63) is 21.9 Å². The summed E-state index contributed by atoms with van der Waals surface area (Å²) in [5, 5.41) is 13.4. The predicted molar refractivity (Wildman–Crippen MR) is 55.1 cm³/mol. The van der Waals surface area contributed by atoms with Crippen LogP contribution in [-0.4, -0.2) is 28.6 Å². The second-order valence-corrected chi connectivity index (χ2v) is 4.46. The first-order chi connectivity index (χ1) is 6.66. The van der Waals surface area contributed by atoms with Gasteiger partial charge in [-0.1, -0.05) is 0 Å². The average Bonchev–Trinajstić information content (AvgIpc) is 2.62. The third kappa shape index (κ3) is 1.81. The van der Waals surface area contributed by atoms with Crippen LogP contribution >= 0.6 is 11.3 Å². The lowest BCUT2D eigenvalue weighted by molar-refractivity contribution is -0.128. The van der Waals surface area contributed by atoms with Gasteiger partial charge in [0.1, 0.15) is 0 Å². The summed E-state index contributed by atoms with van der Waals surface area (Å²) in [6, 6.07) is 0. The van der Waals surface area contributed by atoms with E-state index >= 15 is 0 Å². The zero-order chi connectivity index (χ0) is 10.1. The summed E-state index contributed by atoms with van der Waals surface area (Å²) >= 11 is 1.65. The summed E-state index contributed by atoms with van der Waals surface area (Å²) < 4.78 is 0. The van der Waals surface area contributed by atoms with E-state index in [1.54, 1.807) is 16.2 Å². The molecule has 0 saturated carbocycles. The summed E-state index contributed by atoms with van der Waals surface area (Å²) in [5.74, 6) is 0.0584. The Balaban J connectivity index is 2.05. The zero-order valence-electron chi connectivity index (χ0n) is 8.06. The lowest BCUT2D eigenvalue weighted by Gasteiger charge is -2.15. The number of nitrogens with zero attached hydrogens (tertiary/aromatic N) is 1. The first kappa shape index (κ1) is 9.68. The molecule has 0 bridgehead atoms. The first-order valence-electron chi connectivity index (χ1n) is 4.64. The van der Waals surface area contributed by atoms with E-state index in [9.17, 15) is 9.90 Å². The van der Waals surface area contributed by atoms with Crippen molar-refractivity contribution in [1.82, 2.24) is 4.90 Å². The van der Waals surface area contributed by atoms with Gasteiger partial charge in [-0.3, -0.25) is 4.79 Å². The highest BCUT2D eigenvalue weighted by Crippen LogP contribution is 2.19. The minimum absolute atomic E-state index is 0.0584. The molecule has 0 spiro atoms. The maximum absolute atomic E-state index is 11.4. The molecule has 1 aromatic rings. The molecule has 4 heteroatoms. The summed E-state index contributed by atoms with van der Waals surface area (Å²) in [6.45, 7) is 3.17. The van der Waals surface area contributed by atoms with Crippen molar-refractivity contribution >= 4 is 17.2 Å². The molecular formula is C10H13NO2S. The Kier molecular flexibility index (Phi) is 2.56. The van der Waals surface area contributed by atoms with Gasteiger partial charge in [0, 0.05) is 13.1 Å². The zero-order valence-corrected chi connectivity index (χ0v) is 8.88. The van der Waals surface area contributed by atoms with Crippen LogP contribution in [0.1, 0.15) is 17.5 Å². The van der Waals surface area contributed by atoms with E-state index in [-0.39, 0.29) is 12.3 Å². The Hall–Kier alpha value is -0.870. The lowest BCUT2D eigenvalue weighted by Crippen LogP contribution is -2.25. The van der Waals surface area contributed by atoms with Crippen molar-refractivity contribution in [2.75, 3.05) is 6.54 Å². The molecule has 1 amide bonds. The molecule has 1 unspecified atom stereocenters. The molecule has 1 aromatic heterocycles. The predicted octanol–water partition coefficient (Wildman–Crippen LogP) is 1.15. The van der Waals surface area contributed by atoms with Gasteiger partial charge in [-0.25, -0.2) is 0 Å². The van der Waals surface area contributed by atoms with E-state index in [1.807, 2.05) is 6.92 Å². The lowest BCUT2D eigenvalue weighted by atomic mass is 10.2. The van der Waals surface area contributed by atoms with Crippen molar-refractivity contribution in [2.45, 2.75) is 26.0 Å². The molecule has 0 aromatic carbocycles. The average molecular weight is 211 g/mol. The number of likely N-dealkylation sites (tertiary alicyclic amines) is 1. The Morgan fingerprint density at radius 1 is 1.64 bits per heavy atom. The maximum atomic E-state index is 11.4. The number of amides is 1. The van der Waals surface area contributed by atoms with Gasteiger partial charge in [-0.2, -0.15) is 11.3 Å². The number of aliphatic hydroxyl groups excluding tert-OH is 1. The molecule has 1 fully saturated rings. The SMILES string of the molecule is Cc1cscc1CN1CC(O)CC1=O. The maximum Gasteiger partial charge on any atom is 0.225 e. The second kappa shape index (κ2) is 3.71. The van der Waals surface area contributed by atoms with E-state index < -0.39 is 6.10 Å². The number of aryl methyl sites for hydroxylation is 1. The van der Waals surface area contributed by atoms with Gasteiger partial charge in [-0.05, 0) is 28.8 Å². The highest BCUT2D eigenvalue weighted by atomic mass is 32.1. The highest BCUT2D eigenvalue weighted by Gasteiger charge is 2.27. The smallest absolute Gasteiger partial charge is 0.225 e. The van der Waals surface area contributed by atoms with E-state index in [1.165, 1.54) is 11.1 Å². The fourth-order valence-corrected chi connectivity index (χ4v) is 2.51. The van der Waals surface area contributed by atoms with Gasteiger partial charge >= 0.3 is 0 Å². The van der Waals surface area contributed by atoms with E-state index in [0.29, 0.717) is 13.1 Å². The van der Waals surface area contributed by atoms with Gasteiger partial charge in [-0.15, -0.1) is 0 Å². The van der Waals surface area contributed by atoms with Crippen molar-refractivity contribution in [3.8, 4) is 0 Å². The third-order valence-electron chi connectivity index (χ3n) is 2.52. The van der Waals surface area contributed by atoms with Crippen LogP contribution in [0.25, 0.3) is 0 Å². The van der Waals surface area contributed by atoms with Crippen LogP contribution in [0.4, 0.5) is 0 Å². The molecule has 1 N–H and O–H groups in total. The third-order valence-corrected chi connectivity index (χ3v) is 3.43. The Bertz CT molecular complexity index is 348. The van der Waals surface area contributed by atoms with Gasteiger partial charge < -0.3 is 10.0 Å². The van der Waals surface area contributed by atoms with E-state index in [0.717, 1.165) is 0 Å². The number of aliphatic hydroxyl groups is 1. The molecular weight excluding hydrogens is 198 g/mol. The highest BCUT2D eigenvalue weighted by molar-refractivity contribution is 7.08. The van der Waals surface area contributed by atoms with Gasteiger partial charge in [0.05, 0.1) is 12.5 Å². The molecule has 2 heterocycles. The van der Waals surface area contributed by atoms with Gasteiger partial charge in [0.15, 0.2) is 0 Å². The van der Waals surface area contributed by atoms with Crippen LogP contribution in [0.3, 0.4) is 0 Å².